The van der Waals surface area contributed by atoms with Crippen LogP contribution < -0.4 is 0 Å². The van der Waals surface area contributed by atoms with E-state index in [4.69, 9.17) is 5.11 Å². The van der Waals surface area contributed by atoms with E-state index in [9.17, 15) is 0 Å². The zero-order valence-electron chi connectivity index (χ0n) is 9.08. The lowest BCUT2D eigenvalue weighted by Crippen LogP contribution is -2.08. The zero-order valence-corrected chi connectivity index (χ0v) is 9.90. The fraction of sp³-hybridized carbons (Fsp3) is 0.500. The Morgan fingerprint density at radius 3 is 2.21 bits per heavy atom. The number of rotatable bonds is 3. The quantitative estimate of drug-likeness (QED) is 0.821. The molecular weight excluding hydrogens is 192 g/mol. The highest BCUT2D eigenvalue weighted by atomic mass is 32.2. The number of phenolic OH excluding ortho intramolecular Hbond substituents is 1. The molecule has 0 bridgehead atoms. The standard InChI is InChI=1S/C12H18OS/c1-12(2,3)9-14-8-10-4-6-11(13)7-5-10/h4-7,13H,8-9H2,1-3H3. The summed E-state index contributed by atoms with van der Waals surface area (Å²) in [5.74, 6) is 2.53. The average Bonchev–Trinajstić information content (AvgIpc) is 2.06. The molecule has 1 rings (SSSR count). The maximum absolute atomic E-state index is 9.10. The monoisotopic (exact) mass is 210 g/mol. The molecule has 0 aliphatic carbocycles. The molecule has 0 atom stereocenters. The number of hydrogen-bond donors (Lipinski definition) is 1. The van der Waals surface area contributed by atoms with E-state index < -0.39 is 0 Å². The Labute approximate surface area is 90.5 Å². The molecule has 1 nitrogen and oxygen atoms in total. The lowest BCUT2D eigenvalue weighted by Gasteiger charge is -2.17. The number of phenols is 1. The zero-order chi connectivity index (χ0) is 10.6. The van der Waals surface area contributed by atoms with Gasteiger partial charge in [-0.05, 0) is 28.9 Å². The van der Waals surface area contributed by atoms with Crippen LogP contribution in [-0.2, 0) is 5.75 Å². The van der Waals surface area contributed by atoms with E-state index in [1.807, 2.05) is 23.9 Å². The predicted molar refractivity (Wildman–Crippen MR) is 63.7 cm³/mol. The number of thioether (sulfide) groups is 1. The Bertz CT molecular complexity index is 271. The highest BCUT2D eigenvalue weighted by Crippen LogP contribution is 2.23. The summed E-state index contributed by atoms with van der Waals surface area (Å²) < 4.78 is 0. The predicted octanol–water partition coefficient (Wildman–Crippen LogP) is 3.67. The maximum Gasteiger partial charge on any atom is 0.115 e. The van der Waals surface area contributed by atoms with Crippen LogP contribution in [0.4, 0.5) is 0 Å². The second-order valence-electron chi connectivity index (χ2n) is 4.72. The molecule has 0 heterocycles. The maximum atomic E-state index is 9.10. The molecule has 0 aliphatic rings. The fourth-order valence-corrected chi connectivity index (χ4v) is 2.21. The first-order valence-electron chi connectivity index (χ1n) is 4.83. The van der Waals surface area contributed by atoms with Gasteiger partial charge in [0, 0.05) is 5.75 Å². The molecule has 0 spiro atoms. The first kappa shape index (κ1) is 11.4. The Morgan fingerprint density at radius 2 is 1.71 bits per heavy atom. The normalized spacial score (nSPS) is 11.6. The Kier molecular flexibility index (Phi) is 3.87. The van der Waals surface area contributed by atoms with E-state index in [-0.39, 0.29) is 0 Å². The Morgan fingerprint density at radius 1 is 1.14 bits per heavy atom. The molecule has 1 aromatic carbocycles. The molecule has 0 saturated heterocycles. The minimum atomic E-state index is 0.342. The van der Waals surface area contributed by atoms with E-state index in [0.717, 1.165) is 11.5 Å². The van der Waals surface area contributed by atoms with Crippen molar-refractivity contribution in [2.75, 3.05) is 5.75 Å². The van der Waals surface area contributed by atoms with Gasteiger partial charge in [0.1, 0.15) is 5.75 Å². The van der Waals surface area contributed by atoms with Crippen LogP contribution >= 0.6 is 11.8 Å². The van der Waals surface area contributed by atoms with Crippen LogP contribution in [0.3, 0.4) is 0 Å². The van der Waals surface area contributed by atoms with Gasteiger partial charge in [0.05, 0.1) is 0 Å². The van der Waals surface area contributed by atoms with Crippen LogP contribution in [0.2, 0.25) is 0 Å². The molecule has 14 heavy (non-hydrogen) atoms. The summed E-state index contributed by atoms with van der Waals surface area (Å²) in [6.45, 7) is 6.74. The highest BCUT2D eigenvalue weighted by molar-refractivity contribution is 7.98. The second-order valence-corrected chi connectivity index (χ2v) is 5.71. The van der Waals surface area contributed by atoms with Crippen LogP contribution in [0.5, 0.6) is 5.75 Å². The van der Waals surface area contributed by atoms with Gasteiger partial charge in [0.25, 0.3) is 0 Å². The third-order valence-corrected chi connectivity index (χ3v) is 3.35. The molecular formula is C12H18OS. The largest absolute Gasteiger partial charge is 0.508 e. The fourth-order valence-electron chi connectivity index (χ4n) is 1.07. The van der Waals surface area contributed by atoms with Crippen LogP contribution in [0.15, 0.2) is 24.3 Å². The van der Waals surface area contributed by atoms with E-state index in [1.54, 1.807) is 12.1 Å². The molecule has 0 aliphatic heterocycles. The smallest absolute Gasteiger partial charge is 0.115 e. The molecule has 0 saturated carbocycles. The van der Waals surface area contributed by atoms with Crippen molar-refractivity contribution < 1.29 is 5.11 Å². The van der Waals surface area contributed by atoms with Crippen molar-refractivity contribution in [3.63, 3.8) is 0 Å². The average molecular weight is 210 g/mol. The molecule has 0 aromatic heterocycles. The second kappa shape index (κ2) is 4.74. The lowest BCUT2D eigenvalue weighted by molar-refractivity contribution is 0.475. The van der Waals surface area contributed by atoms with Gasteiger partial charge in [0.2, 0.25) is 0 Å². The molecule has 1 N–H and O–H groups in total. The van der Waals surface area contributed by atoms with Crippen molar-refractivity contribution in [1.29, 1.82) is 0 Å². The first-order valence-corrected chi connectivity index (χ1v) is 5.98. The molecule has 0 amide bonds. The minimum Gasteiger partial charge on any atom is -0.508 e. The molecule has 78 valence electrons. The summed E-state index contributed by atoms with van der Waals surface area (Å²) in [6, 6.07) is 7.44. The number of hydrogen-bond acceptors (Lipinski definition) is 2. The van der Waals surface area contributed by atoms with Crippen molar-refractivity contribution in [3.05, 3.63) is 29.8 Å². The van der Waals surface area contributed by atoms with Gasteiger partial charge < -0.3 is 5.11 Å². The summed E-state index contributed by atoms with van der Waals surface area (Å²) in [4.78, 5) is 0. The van der Waals surface area contributed by atoms with E-state index >= 15 is 0 Å². The molecule has 2 heteroatoms. The third kappa shape index (κ3) is 4.56. The van der Waals surface area contributed by atoms with Gasteiger partial charge in [-0.2, -0.15) is 11.8 Å². The summed E-state index contributed by atoms with van der Waals surface area (Å²) in [7, 11) is 0. The Balaban J connectivity index is 2.35. The summed E-state index contributed by atoms with van der Waals surface area (Å²) in [6.07, 6.45) is 0. The lowest BCUT2D eigenvalue weighted by atomic mass is 10.0. The van der Waals surface area contributed by atoms with Gasteiger partial charge in [0.15, 0.2) is 0 Å². The third-order valence-electron chi connectivity index (χ3n) is 1.74. The van der Waals surface area contributed by atoms with Gasteiger partial charge >= 0.3 is 0 Å². The van der Waals surface area contributed by atoms with Crippen LogP contribution in [0.25, 0.3) is 0 Å². The summed E-state index contributed by atoms with van der Waals surface area (Å²) in [5, 5.41) is 9.10. The van der Waals surface area contributed by atoms with Crippen molar-refractivity contribution in [1.82, 2.24) is 0 Å². The van der Waals surface area contributed by atoms with Crippen molar-refractivity contribution in [3.8, 4) is 5.75 Å². The van der Waals surface area contributed by atoms with E-state index in [0.29, 0.717) is 11.2 Å². The van der Waals surface area contributed by atoms with E-state index in [1.165, 1.54) is 5.56 Å². The number of aromatic hydroxyl groups is 1. The van der Waals surface area contributed by atoms with Crippen molar-refractivity contribution in [2.45, 2.75) is 26.5 Å². The van der Waals surface area contributed by atoms with Crippen LogP contribution in [-0.4, -0.2) is 10.9 Å². The van der Waals surface area contributed by atoms with Gasteiger partial charge in [-0.3, -0.25) is 0 Å². The Hall–Kier alpha value is -0.630. The van der Waals surface area contributed by atoms with Crippen LogP contribution in [0, 0.1) is 5.41 Å². The van der Waals surface area contributed by atoms with Crippen LogP contribution in [0.1, 0.15) is 26.3 Å². The summed E-state index contributed by atoms with van der Waals surface area (Å²) in [5.41, 5.74) is 1.67. The SMILES string of the molecule is CC(C)(C)CSCc1ccc(O)cc1. The molecule has 0 radical (unpaired) electrons. The van der Waals surface area contributed by atoms with Crippen molar-refractivity contribution in [2.24, 2.45) is 5.41 Å². The van der Waals surface area contributed by atoms with E-state index in [2.05, 4.69) is 20.8 Å². The number of benzene rings is 1. The van der Waals surface area contributed by atoms with Gasteiger partial charge in [-0.1, -0.05) is 32.9 Å². The van der Waals surface area contributed by atoms with Gasteiger partial charge in [-0.25, -0.2) is 0 Å². The first-order chi connectivity index (χ1) is 6.47. The highest BCUT2D eigenvalue weighted by Gasteiger charge is 2.09. The summed E-state index contributed by atoms with van der Waals surface area (Å²) >= 11 is 1.94. The van der Waals surface area contributed by atoms with Gasteiger partial charge in [-0.15, -0.1) is 0 Å². The van der Waals surface area contributed by atoms with Crippen molar-refractivity contribution >= 4 is 11.8 Å². The molecule has 0 fully saturated rings. The molecule has 1 aromatic rings. The minimum absolute atomic E-state index is 0.342. The molecule has 0 unspecified atom stereocenters. The topological polar surface area (TPSA) is 20.2 Å².